The van der Waals surface area contributed by atoms with Crippen LogP contribution in [0.15, 0.2) is 35.4 Å². The number of hydrogen-bond acceptors (Lipinski definition) is 3. The van der Waals surface area contributed by atoms with E-state index in [0.29, 0.717) is 5.56 Å². The summed E-state index contributed by atoms with van der Waals surface area (Å²) in [6.07, 6.45) is -0.999. The van der Waals surface area contributed by atoms with Crippen molar-refractivity contribution in [3.8, 4) is 0 Å². The minimum absolute atomic E-state index is 0.650. The number of aliphatic hydroxyl groups excluding tert-OH is 1. The van der Waals surface area contributed by atoms with Crippen LogP contribution >= 0.6 is 0 Å². The van der Waals surface area contributed by atoms with Crippen LogP contribution in [0.1, 0.15) is 11.8 Å². The zero-order valence-electron chi connectivity index (χ0n) is 5.36. The Hall–Kier alpha value is -1.22. The highest BCUT2D eigenvalue weighted by Crippen LogP contribution is 2.11. The van der Waals surface area contributed by atoms with Gasteiger partial charge in [0.25, 0.3) is 0 Å². The Kier molecular flexibility index (Phi) is 2.12. The van der Waals surface area contributed by atoms with Crippen LogP contribution in [0.5, 0.6) is 0 Å². The summed E-state index contributed by atoms with van der Waals surface area (Å²) >= 11 is 0. The summed E-state index contributed by atoms with van der Waals surface area (Å²) in [6.45, 7) is 0. The second-order valence-electron chi connectivity index (χ2n) is 1.91. The van der Waals surface area contributed by atoms with Crippen LogP contribution in [-0.4, -0.2) is 5.11 Å². The fourth-order valence-electron chi connectivity index (χ4n) is 0.700. The number of rotatable bonds is 2. The average molecular weight is 136 g/mol. The van der Waals surface area contributed by atoms with Gasteiger partial charge in [-0.15, -0.1) is 0 Å². The number of benzene rings is 1. The van der Waals surface area contributed by atoms with E-state index in [-0.39, 0.29) is 0 Å². The van der Waals surface area contributed by atoms with Gasteiger partial charge < -0.3 is 5.11 Å². The Balaban J connectivity index is 2.84. The lowest BCUT2D eigenvalue weighted by atomic mass is 10.2. The first-order valence-corrected chi connectivity index (χ1v) is 2.94. The summed E-state index contributed by atoms with van der Waals surface area (Å²) < 4.78 is 0. The van der Waals surface area contributed by atoms with Crippen LogP contribution < -0.4 is 0 Å². The molecule has 0 aliphatic carbocycles. The molecule has 0 amide bonds. The van der Waals surface area contributed by atoms with Gasteiger partial charge in [-0.2, -0.15) is 5.11 Å². The Bertz CT molecular complexity index is 210. The van der Waals surface area contributed by atoms with Crippen molar-refractivity contribution in [2.75, 3.05) is 0 Å². The quantitative estimate of drug-likeness (QED) is 0.597. The van der Waals surface area contributed by atoms with Crippen molar-refractivity contribution < 1.29 is 5.11 Å². The van der Waals surface area contributed by atoms with E-state index >= 15 is 0 Å². The van der Waals surface area contributed by atoms with Gasteiger partial charge in [0, 0.05) is 5.56 Å². The highest BCUT2D eigenvalue weighted by atomic mass is 16.3. The third-order valence-corrected chi connectivity index (χ3v) is 1.22. The average Bonchev–Trinajstić information content (AvgIpc) is 2.05. The fraction of sp³-hybridized carbons (Fsp3) is 0.143. The van der Waals surface area contributed by atoms with Crippen molar-refractivity contribution in [3.63, 3.8) is 0 Å². The molecule has 0 bridgehead atoms. The van der Waals surface area contributed by atoms with Crippen molar-refractivity contribution in [3.05, 3.63) is 35.9 Å². The van der Waals surface area contributed by atoms with Crippen molar-refractivity contribution >= 4 is 0 Å². The Morgan fingerprint density at radius 1 is 1.30 bits per heavy atom. The SMILES string of the molecule is N=N[C@H](O)c1ccccc1. The maximum absolute atomic E-state index is 8.98. The summed E-state index contributed by atoms with van der Waals surface area (Å²) in [5.41, 5.74) is 7.17. The maximum atomic E-state index is 8.98. The van der Waals surface area contributed by atoms with E-state index in [2.05, 4.69) is 5.11 Å². The molecule has 0 spiro atoms. The van der Waals surface area contributed by atoms with Crippen LogP contribution in [0.3, 0.4) is 0 Å². The molecule has 2 N–H and O–H groups in total. The van der Waals surface area contributed by atoms with Crippen LogP contribution in [0.4, 0.5) is 0 Å². The zero-order chi connectivity index (χ0) is 7.40. The van der Waals surface area contributed by atoms with Gasteiger partial charge in [0.1, 0.15) is 0 Å². The van der Waals surface area contributed by atoms with E-state index in [1.807, 2.05) is 6.07 Å². The zero-order valence-corrected chi connectivity index (χ0v) is 5.36. The lowest BCUT2D eigenvalue weighted by Gasteiger charge is -2.00. The monoisotopic (exact) mass is 136 g/mol. The van der Waals surface area contributed by atoms with E-state index in [1.54, 1.807) is 24.3 Å². The normalized spacial score (nSPS) is 12.5. The van der Waals surface area contributed by atoms with E-state index in [0.717, 1.165) is 0 Å². The van der Waals surface area contributed by atoms with Crippen LogP contribution in [0.25, 0.3) is 0 Å². The van der Waals surface area contributed by atoms with Gasteiger partial charge in [0.15, 0.2) is 6.23 Å². The molecule has 1 aromatic carbocycles. The Labute approximate surface area is 58.8 Å². The first kappa shape index (κ1) is 6.89. The highest BCUT2D eigenvalue weighted by Gasteiger charge is 2.00. The highest BCUT2D eigenvalue weighted by molar-refractivity contribution is 5.16. The number of aliphatic hydroxyl groups is 1. The van der Waals surface area contributed by atoms with Gasteiger partial charge in [0.2, 0.25) is 0 Å². The third kappa shape index (κ3) is 1.39. The summed E-state index contributed by atoms with van der Waals surface area (Å²) in [7, 11) is 0. The van der Waals surface area contributed by atoms with Crippen LogP contribution in [-0.2, 0) is 0 Å². The number of nitrogens with zero attached hydrogens (tertiary/aromatic N) is 1. The molecule has 1 rings (SSSR count). The topological polar surface area (TPSA) is 56.4 Å². The van der Waals surface area contributed by atoms with Crippen LogP contribution in [0, 0.1) is 5.53 Å². The molecule has 52 valence electrons. The van der Waals surface area contributed by atoms with Crippen molar-refractivity contribution in [1.29, 1.82) is 5.53 Å². The van der Waals surface area contributed by atoms with Crippen LogP contribution in [0.2, 0.25) is 0 Å². The maximum Gasteiger partial charge on any atom is 0.191 e. The van der Waals surface area contributed by atoms with E-state index in [1.165, 1.54) is 0 Å². The second kappa shape index (κ2) is 3.08. The molecule has 0 aliphatic rings. The lowest BCUT2D eigenvalue weighted by molar-refractivity contribution is 0.176. The first-order valence-electron chi connectivity index (χ1n) is 2.94. The molecule has 0 saturated heterocycles. The van der Waals surface area contributed by atoms with Gasteiger partial charge in [-0.25, -0.2) is 5.53 Å². The predicted molar refractivity (Wildman–Crippen MR) is 36.5 cm³/mol. The van der Waals surface area contributed by atoms with Gasteiger partial charge in [-0.05, 0) is 0 Å². The van der Waals surface area contributed by atoms with Gasteiger partial charge in [0.05, 0.1) is 0 Å². The molecule has 0 radical (unpaired) electrons. The predicted octanol–water partition coefficient (Wildman–Crippen LogP) is 1.71. The summed E-state index contributed by atoms with van der Waals surface area (Å²) in [4.78, 5) is 0. The first-order chi connectivity index (χ1) is 4.84. The fourth-order valence-corrected chi connectivity index (χ4v) is 0.700. The number of nitrogens with one attached hydrogen (secondary N) is 1. The summed E-state index contributed by atoms with van der Waals surface area (Å²) in [5.74, 6) is 0. The molecule has 0 heterocycles. The molecular formula is C7H8N2O. The molecule has 0 fully saturated rings. The molecular weight excluding hydrogens is 128 g/mol. The molecule has 0 unspecified atom stereocenters. The number of hydrogen-bond donors (Lipinski definition) is 2. The minimum Gasteiger partial charge on any atom is -0.367 e. The summed E-state index contributed by atoms with van der Waals surface area (Å²) in [6, 6.07) is 8.89. The molecule has 10 heavy (non-hydrogen) atoms. The molecule has 0 aromatic heterocycles. The van der Waals surface area contributed by atoms with Gasteiger partial charge in [-0.3, -0.25) is 0 Å². The smallest absolute Gasteiger partial charge is 0.191 e. The molecule has 0 saturated carbocycles. The standard InChI is InChI=1S/C7H8N2O/c8-9-7(10)6-4-2-1-3-5-6/h1-5,7-8,10H/t7-/m1/s1. The largest absolute Gasteiger partial charge is 0.367 e. The molecule has 3 nitrogen and oxygen atoms in total. The van der Waals surface area contributed by atoms with Crippen molar-refractivity contribution in [2.24, 2.45) is 5.11 Å². The lowest BCUT2D eigenvalue weighted by Crippen LogP contribution is -1.89. The van der Waals surface area contributed by atoms with E-state index in [9.17, 15) is 0 Å². The molecule has 1 atom stereocenters. The second-order valence-corrected chi connectivity index (χ2v) is 1.91. The molecule has 1 aromatic rings. The third-order valence-electron chi connectivity index (χ3n) is 1.22. The van der Waals surface area contributed by atoms with Crippen molar-refractivity contribution in [1.82, 2.24) is 0 Å². The van der Waals surface area contributed by atoms with E-state index in [4.69, 9.17) is 10.6 Å². The minimum atomic E-state index is -0.999. The van der Waals surface area contributed by atoms with E-state index < -0.39 is 6.23 Å². The van der Waals surface area contributed by atoms with Gasteiger partial charge in [-0.1, -0.05) is 30.3 Å². The Morgan fingerprint density at radius 2 is 1.90 bits per heavy atom. The Morgan fingerprint density at radius 3 is 2.40 bits per heavy atom. The summed E-state index contributed by atoms with van der Waals surface area (Å²) in [5, 5.41) is 11.9. The molecule has 0 aliphatic heterocycles. The van der Waals surface area contributed by atoms with Crippen molar-refractivity contribution in [2.45, 2.75) is 6.23 Å². The van der Waals surface area contributed by atoms with Gasteiger partial charge >= 0.3 is 0 Å². The molecule has 3 heteroatoms.